The van der Waals surface area contributed by atoms with E-state index < -0.39 is 0 Å². The quantitative estimate of drug-likeness (QED) is 0.655. The molecule has 0 radical (unpaired) electrons. The minimum Gasteiger partial charge on any atom is -0.379 e. The van der Waals surface area contributed by atoms with Gasteiger partial charge in [0.25, 0.3) is 0 Å². The second kappa shape index (κ2) is 13.0. The van der Waals surface area contributed by atoms with E-state index in [0.717, 1.165) is 6.42 Å². The van der Waals surface area contributed by atoms with Crippen molar-refractivity contribution in [3.63, 3.8) is 0 Å². The summed E-state index contributed by atoms with van der Waals surface area (Å²) >= 11 is 1.51. The highest BCUT2D eigenvalue weighted by Crippen LogP contribution is 2.34. The van der Waals surface area contributed by atoms with Gasteiger partial charge in [0, 0.05) is 29.5 Å². The number of aliphatic imine (C=N–C) groups is 1. The first kappa shape index (κ1) is 25.6. The van der Waals surface area contributed by atoms with Crippen molar-refractivity contribution < 1.29 is 13.6 Å². The molecule has 2 heterocycles. The molecule has 1 aromatic heterocycles. The van der Waals surface area contributed by atoms with Crippen LogP contribution < -0.4 is 11.5 Å². The van der Waals surface area contributed by atoms with Gasteiger partial charge in [0.15, 0.2) is 5.17 Å². The fourth-order valence-corrected chi connectivity index (χ4v) is 3.43. The number of alkyl halides is 1. The number of pyridine rings is 1. The molecule has 3 rings (SSSR count). The molecule has 6 nitrogen and oxygen atoms in total. The zero-order valence-electron chi connectivity index (χ0n) is 17.4. The number of amides is 1. The number of benzene rings is 1. The lowest BCUT2D eigenvalue weighted by Crippen LogP contribution is -2.21. The second-order valence-electron chi connectivity index (χ2n) is 6.29. The Morgan fingerprint density at radius 2 is 1.87 bits per heavy atom. The average molecular weight is 444 g/mol. The normalized spacial score (nSPS) is 16.6. The maximum absolute atomic E-state index is 14.2. The standard InChI is InChI=1S/C19H15FN4S.C2H5NO.CH3F/c1-12-8-18(24-19(22)25-12)16-9-13(4-7-17(16)20)2-5-15-6-3-14(10-21)11-23-15;1-2(3)4;1-2/h3-4,6-7,9,11-12,18H,8H2,1H3,(H2,22,24);1H3,(H2,3,4);1H3. The van der Waals surface area contributed by atoms with E-state index in [2.05, 4.69) is 34.5 Å². The van der Waals surface area contributed by atoms with E-state index in [-0.39, 0.29) is 17.8 Å². The molecule has 1 aliphatic rings. The van der Waals surface area contributed by atoms with E-state index in [0.29, 0.717) is 40.0 Å². The third-order valence-corrected chi connectivity index (χ3v) is 4.68. The molecule has 2 aromatic rings. The Morgan fingerprint density at radius 3 is 2.42 bits per heavy atom. The highest BCUT2D eigenvalue weighted by atomic mass is 32.2. The molecular weight excluding hydrogens is 420 g/mol. The minimum absolute atomic E-state index is 0.286. The Kier molecular flexibility index (Phi) is 10.7. The molecule has 1 amide bonds. The van der Waals surface area contributed by atoms with Crippen molar-refractivity contribution in [2.45, 2.75) is 31.6 Å². The SMILES string of the molecule is CC(N)=O.CC1CC(c2cc(C#Cc3ccc(C#N)cn3)ccc2F)N=C(N)S1.CF. The number of carbonyl (C=O) groups is 1. The maximum Gasteiger partial charge on any atom is 0.214 e. The number of aromatic nitrogens is 1. The van der Waals surface area contributed by atoms with Gasteiger partial charge in [-0.1, -0.05) is 24.6 Å². The van der Waals surface area contributed by atoms with Crippen LogP contribution in [0.25, 0.3) is 0 Å². The third-order valence-electron chi connectivity index (χ3n) is 3.74. The molecular formula is C22H23F2N5OS. The summed E-state index contributed by atoms with van der Waals surface area (Å²) in [5.74, 6) is 5.27. The van der Waals surface area contributed by atoms with Gasteiger partial charge in [-0.15, -0.1) is 0 Å². The first-order chi connectivity index (χ1) is 14.8. The number of rotatable bonds is 1. The Hall–Kier alpha value is -3.43. The molecule has 0 saturated heterocycles. The summed E-state index contributed by atoms with van der Waals surface area (Å²) < 4.78 is 23.7. The van der Waals surface area contributed by atoms with Gasteiger partial charge in [-0.05, 0) is 42.7 Å². The number of primary amides is 1. The third kappa shape index (κ3) is 8.85. The van der Waals surface area contributed by atoms with Crippen molar-refractivity contribution >= 4 is 22.8 Å². The van der Waals surface area contributed by atoms with E-state index in [9.17, 15) is 13.6 Å². The van der Waals surface area contributed by atoms with Crippen molar-refractivity contribution in [3.8, 4) is 17.9 Å². The zero-order chi connectivity index (χ0) is 23.4. The lowest BCUT2D eigenvalue weighted by atomic mass is 9.99. The number of hydrogen-bond acceptors (Lipinski definition) is 6. The van der Waals surface area contributed by atoms with Gasteiger partial charge in [-0.2, -0.15) is 5.26 Å². The van der Waals surface area contributed by atoms with Gasteiger partial charge in [-0.25, -0.2) is 9.37 Å². The van der Waals surface area contributed by atoms with E-state index in [1.54, 1.807) is 24.3 Å². The lowest BCUT2D eigenvalue weighted by molar-refractivity contribution is -0.115. The highest BCUT2D eigenvalue weighted by molar-refractivity contribution is 8.14. The number of amidine groups is 1. The molecule has 0 aliphatic carbocycles. The highest BCUT2D eigenvalue weighted by Gasteiger charge is 2.23. The molecule has 4 N–H and O–H groups in total. The lowest BCUT2D eigenvalue weighted by Gasteiger charge is -2.23. The molecule has 31 heavy (non-hydrogen) atoms. The summed E-state index contributed by atoms with van der Waals surface area (Å²) in [6.45, 7) is 3.36. The topological polar surface area (TPSA) is 118 Å². The van der Waals surface area contributed by atoms with Crippen LogP contribution in [0.3, 0.4) is 0 Å². The van der Waals surface area contributed by atoms with E-state index >= 15 is 0 Å². The number of halogens is 2. The van der Waals surface area contributed by atoms with Crippen LogP contribution in [0.4, 0.5) is 8.78 Å². The summed E-state index contributed by atoms with van der Waals surface area (Å²) in [7, 11) is 0.500. The van der Waals surface area contributed by atoms with E-state index in [1.165, 1.54) is 30.9 Å². The van der Waals surface area contributed by atoms with Gasteiger partial charge in [0.1, 0.15) is 17.6 Å². The van der Waals surface area contributed by atoms with Crippen LogP contribution in [0, 0.1) is 29.0 Å². The summed E-state index contributed by atoms with van der Waals surface area (Å²) in [4.78, 5) is 17.7. The van der Waals surface area contributed by atoms with E-state index in [1.807, 2.05) is 6.07 Å². The molecule has 162 valence electrons. The fraction of sp³-hybridized carbons (Fsp3) is 0.273. The molecule has 0 bridgehead atoms. The van der Waals surface area contributed by atoms with Gasteiger partial charge in [0.2, 0.25) is 5.91 Å². The largest absolute Gasteiger partial charge is 0.379 e. The molecule has 0 spiro atoms. The summed E-state index contributed by atoms with van der Waals surface area (Å²) in [5.41, 5.74) is 12.5. The summed E-state index contributed by atoms with van der Waals surface area (Å²) in [5, 5.41) is 9.55. The minimum atomic E-state index is -0.333. The molecule has 0 fully saturated rings. The van der Waals surface area contributed by atoms with Crippen molar-refractivity contribution in [2.24, 2.45) is 16.5 Å². The number of nitrogens with two attached hydrogens (primary N) is 2. The maximum atomic E-state index is 14.2. The number of hydrogen-bond donors (Lipinski definition) is 2. The van der Waals surface area contributed by atoms with Crippen LogP contribution in [0.1, 0.15) is 48.7 Å². The monoisotopic (exact) mass is 443 g/mol. The molecule has 2 atom stereocenters. The van der Waals surface area contributed by atoms with Crippen LogP contribution in [0.2, 0.25) is 0 Å². The van der Waals surface area contributed by atoms with Crippen molar-refractivity contribution in [1.29, 1.82) is 5.26 Å². The van der Waals surface area contributed by atoms with Gasteiger partial charge >= 0.3 is 0 Å². The number of thioether (sulfide) groups is 1. The van der Waals surface area contributed by atoms with Crippen molar-refractivity contribution in [1.82, 2.24) is 4.98 Å². The molecule has 2 unspecified atom stereocenters. The van der Waals surface area contributed by atoms with Gasteiger partial charge in [0.05, 0.1) is 18.8 Å². The molecule has 1 aliphatic heterocycles. The molecule has 1 aromatic carbocycles. The van der Waals surface area contributed by atoms with Crippen LogP contribution in [-0.4, -0.2) is 28.5 Å². The number of nitriles is 1. The summed E-state index contributed by atoms with van der Waals surface area (Å²) in [6, 6.07) is 9.82. The average Bonchev–Trinajstić information content (AvgIpc) is 2.74. The van der Waals surface area contributed by atoms with Gasteiger partial charge in [-0.3, -0.25) is 14.2 Å². The second-order valence-corrected chi connectivity index (χ2v) is 7.75. The van der Waals surface area contributed by atoms with E-state index in [4.69, 9.17) is 11.0 Å². The van der Waals surface area contributed by atoms with Crippen LogP contribution in [0.5, 0.6) is 0 Å². The predicted octanol–water partition coefficient (Wildman–Crippen LogP) is 3.45. The fourth-order valence-electron chi connectivity index (χ4n) is 2.55. The summed E-state index contributed by atoms with van der Waals surface area (Å²) in [6.07, 6.45) is 2.20. The smallest absolute Gasteiger partial charge is 0.214 e. The van der Waals surface area contributed by atoms with Crippen LogP contribution in [-0.2, 0) is 4.79 Å². The predicted molar refractivity (Wildman–Crippen MR) is 119 cm³/mol. The molecule has 9 heteroatoms. The molecule has 0 saturated carbocycles. The zero-order valence-corrected chi connectivity index (χ0v) is 18.2. The Morgan fingerprint density at radius 1 is 1.23 bits per heavy atom. The first-order valence-electron chi connectivity index (χ1n) is 9.10. The Labute approximate surface area is 184 Å². The van der Waals surface area contributed by atoms with Crippen molar-refractivity contribution in [2.75, 3.05) is 7.18 Å². The first-order valence-corrected chi connectivity index (χ1v) is 9.98. The Balaban J connectivity index is 0.000000720. The number of carbonyl (C=O) groups excluding carboxylic acids is 1. The van der Waals surface area contributed by atoms with Crippen LogP contribution in [0.15, 0.2) is 41.5 Å². The van der Waals surface area contributed by atoms with Crippen LogP contribution >= 0.6 is 11.8 Å². The van der Waals surface area contributed by atoms with Gasteiger partial charge < -0.3 is 11.5 Å². The number of nitrogens with zero attached hydrogens (tertiary/aromatic N) is 3. The van der Waals surface area contributed by atoms with Crippen molar-refractivity contribution in [3.05, 3.63) is 64.7 Å². The Bertz CT molecular complexity index is 1020.